The standard InChI is InChI=1S/C33H25P/c1-6-16-28(17-7-1)26-27-33(29-18-8-2-9-19-29)34(30-20-10-3-11-21-30,31-22-12-4-13-23-31)32-24-14-5-15-25-32/h1-25H. The predicted molar refractivity (Wildman–Crippen MR) is 149 cm³/mol. The van der Waals surface area contributed by atoms with Crippen molar-refractivity contribution in [1.29, 1.82) is 0 Å². The molecule has 0 amide bonds. The molecule has 0 fully saturated rings. The fourth-order valence-electron chi connectivity index (χ4n) is 4.39. The van der Waals surface area contributed by atoms with Crippen molar-refractivity contribution < 1.29 is 0 Å². The van der Waals surface area contributed by atoms with Crippen LogP contribution in [0.2, 0.25) is 0 Å². The van der Waals surface area contributed by atoms with E-state index in [9.17, 15) is 0 Å². The van der Waals surface area contributed by atoms with Gasteiger partial charge in [0.1, 0.15) is 0 Å². The Hall–Kier alpha value is -4.04. The predicted octanol–water partition coefficient (Wildman–Crippen LogP) is 6.25. The van der Waals surface area contributed by atoms with Crippen molar-refractivity contribution in [2.24, 2.45) is 0 Å². The maximum atomic E-state index is 3.70. The van der Waals surface area contributed by atoms with Gasteiger partial charge in [-0.2, -0.15) is 0 Å². The fourth-order valence-corrected chi connectivity index (χ4v) is 8.67. The highest BCUT2D eigenvalue weighted by molar-refractivity contribution is 7.96. The van der Waals surface area contributed by atoms with Crippen LogP contribution in [0.4, 0.5) is 0 Å². The molecule has 0 aliphatic rings. The molecule has 0 radical (unpaired) electrons. The highest BCUT2D eigenvalue weighted by atomic mass is 31.2. The van der Waals surface area contributed by atoms with E-state index in [4.69, 9.17) is 0 Å². The first-order valence-electron chi connectivity index (χ1n) is 11.4. The van der Waals surface area contributed by atoms with Crippen molar-refractivity contribution in [1.82, 2.24) is 0 Å². The molecule has 0 saturated heterocycles. The average Bonchev–Trinajstić information content (AvgIpc) is 2.94. The van der Waals surface area contributed by atoms with E-state index in [1.54, 1.807) is 0 Å². The summed E-state index contributed by atoms with van der Waals surface area (Å²) in [5.74, 6) is 7.20. The second-order valence-electron chi connectivity index (χ2n) is 8.01. The minimum Gasteiger partial charge on any atom is -0.0622 e. The Morgan fingerprint density at radius 3 is 1.18 bits per heavy atom. The molecule has 0 nitrogen and oxygen atoms in total. The zero-order valence-electron chi connectivity index (χ0n) is 18.9. The van der Waals surface area contributed by atoms with Gasteiger partial charge in [-0.05, 0) is 40.5 Å². The molecule has 162 valence electrons. The Morgan fingerprint density at radius 2 is 0.765 bits per heavy atom. The molecule has 0 atom stereocenters. The van der Waals surface area contributed by atoms with Gasteiger partial charge < -0.3 is 0 Å². The number of hydrogen-bond donors (Lipinski definition) is 0. The van der Waals surface area contributed by atoms with Gasteiger partial charge in [0.2, 0.25) is 0 Å². The third-order valence-corrected chi connectivity index (χ3v) is 10.2. The van der Waals surface area contributed by atoms with E-state index in [-0.39, 0.29) is 0 Å². The van der Waals surface area contributed by atoms with E-state index in [2.05, 4.69) is 145 Å². The summed E-state index contributed by atoms with van der Waals surface area (Å²) in [5, 5.41) is 5.07. The minimum atomic E-state index is -2.28. The summed E-state index contributed by atoms with van der Waals surface area (Å²) in [7, 11) is 0. The molecule has 0 N–H and O–H groups in total. The van der Waals surface area contributed by atoms with Gasteiger partial charge >= 0.3 is 0 Å². The van der Waals surface area contributed by atoms with Gasteiger partial charge in [-0.1, -0.05) is 151 Å². The van der Waals surface area contributed by atoms with Gasteiger partial charge in [0.15, 0.2) is 0 Å². The Balaban J connectivity index is 2.01. The summed E-state index contributed by atoms with van der Waals surface area (Å²) < 4.78 is 0. The molecule has 0 aliphatic heterocycles. The molecule has 0 bridgehead atoms. The Kier molecular flexibility index (Phi) is 6.58. The maximum absolute atomic E-state index is 3.70. The van der Waals surface area contributed by atoms with Gasteiger partial charge in [-0.3, -0.25) is 0 Å². The lowest BCUT2D eigenvalue weighted by Gasteiger charge is -2.31. The maximum Gasteiger partial charge on any atom is 0.0416 e. The molecule has 0 heterocycles. The lowest BCUT2D eigenvalue weighted by atomic mass is 10.1. The van der Waals surface area contributed by atoms with E-state index in [0.717, 1.165) is 11.1 Å². The minimum absolute atomic E-state index is 1.02. The van der Waals surface area contributed by atoms with E-state index in [1.807, 2.05) is 18.2 Å². The Bertz CT molecular complexity index is 1360. The third-order valence-electron chi connectivity index (χ3n) is 5.91. The molecule has 0 aliphatic carbocycles. The molecule has 0 saturated carbocycles. The van der Waals surface area contributed by atoms with Crippen molar-refractivity contribution in [3.63, 3.8) is 0 Å². The van der Waals surface area contributed by atoms with Crippen molar-refractivity contribution in [2.75, 3.05) is 0 Å². The first-order chi connectivity index (χ1) is 16.9. The zero-order chi connectivity index (χ0) is 23.1. The molecular weight excluding hydrogens is 427 g/mol. The van der Waals surface area contributed by atoms with Crippen molar-refractivity contribution >= 4 is 28.1 Å². The van der Waals surface area contributed by atoms with Gasteiger partial charge in [-0.15, -0.1) is 0 Å². The molecule has 34 heavy (non-hydrogen) atoms. The van der Waals surface area contributed by atoms with Gasteiger partial charge in [-0.25, -0.2) is 0 Å². The molecule has 0 aromatic heterocycles. The normalized spacial score (nSPS) is 10.7. The summed E-state index contributed by atoms with van der Waals surface area (Å²) >= 11 is 0. The monoisotopic (exact) mass is 452 g/mol. The Labute approximate surface area is 202 Å². The van der Waals surface area contributed by atoms with Crippen LogP contribution in [0.3, 0.4) is 0 Å². The highest BCUT2D eigenvalue weighted by Gasteiger charge is 2.30. The van der Waals surface area contributed by atoms with Crippen LogP contribution in [0.1, 0.15) is 11.1 Å². The molecular formula is C33H25P. The van der Waals surface area contributed by atoms with Crippen LogP contribution in [0.5, 0.6) is 0 Å². The van der Waals surface area contributed by atoms with Crippen LogP contribution in [0.15, 0.2) is 152 Å². The quantitative estimate of drug-likeness (QED) is 0.223. The SMILES string of the molecule is C(#Cc1ccccc1)C(c1ccccc1)=P(c1ccccc1)(c1ccccc1)c1ccccc1. The summed E-state index contributed by atoms with van der Waals surface area (Å²) in [4.78, 5) is 0. The van der Waals surface area contributed by atoms with Crippen LogP contribution in [-0.4, -0.2) is 5.29 Å². The number of rotatable bonds is 4. The molecule has 5 aromatic rings. The Morgan fingerprint density at radius 1 is 0.412 bits per heavy atom. The lowest BCUT2D eigenvalue weighted by molar-refractivity contribution is 1.65. The molecule has 5 rings (SSSR count). The second kappa shape index (κ2) is 10.3. The summed E-state index contributed by atoms with van der Waals surface area (Å²) in [6, 6.07) is 53.6. The molecule has 1 heteroatoms. The molecule has 0 spiro atoms. The van der Waals surface area contributed by atoms with Gasteiger partial charge in [0.25, 0.3) is 0 Å². The second-order valence-corrected chi connectivity index (χ2v) is 11.3. The molecule has 0 unspecified atom stereocenters. The van der Waals surface area contributed by atoms with Gasteiger partial charge in [0.05, 0.1) is 0 Å². The highest BCUT2D eigenvalue weighted by Crippen LogP contribution is 2.47. The number of hydrogen-bond acceptors (Lipinski definition) is 0. The first kappa shape index (κ1) is 21.8. The van der Waals surface area contributed by atoms with Crippen LogP contribution in [0.25, 0.3) is 0 Å². The lowest BCUT2D eigenvalue weighted by Crippen LogP contribution is -2.30. The van der Waals surface area contributed by atoms with Crippen LogP contribution in [-0.2, 0) is 0 Å². The number of benzene rings is 5. The summed E-state index contributed by atoms with van der Waals surface area (Å²) in [6.07, 6.45) is 0. The summed E-state index contributed by atoms with van der Waals surface area (Å²) in [6.45, 7) is -2.28. The van der Waals surface area contributed by atoms with E-state index in [1.165, 1.54) is 21.2 Å². The van der Waals surface area contributed by atoms with E-state index < -0.39 is 6.89 Å². The van der Waals surface area contributed by atoms with Crippen molar-refractivity contribution in [3.8, 4) is 11.8 Å². The van der Waals surface area contributed by atoms with E-state index in [0.29, 0.717) is 0 Å². The van der Waals surface area contributed by atoms with E-state index >= 15 is 0 Å². The largest absolute Gasteiger partial charge is 0.0622 e. The van der Waals surface area contributed by atoms with Gasteiger partial charge in [0, 0.05) is 10.9 Å². The third kappa shape index (κ3) is 4.27. The smallest absolute Gasteiger partial charge is 0.0416 e. The summed E-state index contributed by atoms with van der Waals surface area (Å²) in [5.41, 5.74) is 2.18. The fraction of sp³-hybridized carbons (Fsp3) is 0. The van der Waals surface area contributed by atoms with Crippen molar-refractivity contribution in [3.05, 3.63) is 163 Å². The average molecular weight is 453 g/mol. The first-order valence-corrected chi connectivity index (χ1v) is 13.2. The van der Waals surface area contributed by atoms with Crippen LogP contribution >= 0.6 is 6.89 Å². The van der Waals surface area contributed by atoms with Crippen LogP contribution in [0, 0.1) is 11.8 Å². The topological polar surface area (TPSA) is 0 Å². The van der Waals surface area contributed by atoms with Crippen LogP contribution < -0.4 is 15.9 Å². The zero-order valence-corrected chi connectivity index (χ0v) is 19.8. The van der Waals surface area contributed by atoms with Crippen molar-refractivity contribution in [2.45, 2.75) is 0 Å². The molecule has 5 aromatic carbocycles.